The van der Waals surface area contributed by atoms with Gasteiger partial charge in [-0.3, -0.25) is 10.1 Å². The lowest BCUT2D eigenvalue weighted by Gasteiger charge is -2.10. The van der Waals surface area contributed by atoms with Gasteiger partial charge in [0.15, 0.2) is 5.75 Å². The molecule has 0 saturated carbocycles. The fourth-order valence-electron chi connectivity index (χ4n) is 2.28. The summed E-state index contributed by atoms with van der Waals surface area (Å²) in [6.45, 7) is 5.99. The lowest BCUT2D eigenvalue weighted by molar-refractivity contribution is -0.385. The Bertz CT molecular complexity index is 972. The van der Waals surface area contributed by atoms with Gasteiger partial charge < -0.3 is 9.47 Å². The highest BCUT2D eigenvalue weighted by Crippen LogP contribution is 2.27. The van der Waals surface area contributed by atoms with Crippen molar-refractivity contribution in [3.8, 4) is 11.5 Å². The third kappa shape index (κ3) is 6.46. The van der Waals surface area contributed by atoms with Crippen LogP contribution in [0, 0.1) is 10.1 Å². The molecule has 156 valence electrons. The highest BCUT2D eigenvalue weighted by atomic mass is 32.2. The Kier molecular flexibility index (Phi) is 7.54. The van der Waals surface area contributed by atoms with E-state index >= 15 is 0 Å². The van der Waals surface area contributed by atoms with E-state index < -0.39 is 14.9 Å². The largest absolute Gasteiger partial charge is 0.491 e. The van der Waals surface area contributed by atoms with Crippen molar-refractivity contribution in [1.82, 2.24) is 4.83 Å². The topological polar surface area (TPSA) is 120 Å². The molecule has 0 atom stereocenters. The van der Waals surface area contributed by atoms with E-state index in [1.165, 1.54) is 30.5 Å². The highest BCUT2D eigenvalue weighted by molar-refractivity contribution is 7.89. The normalized spacial score (nSPS) is 11.6. The maximum Gasteiger partial charge on any atom is 0.311 e. The zero-order valence-electron chi connectivity index (χ0n) is 16.4. The Labute approximate surface area is 169 Å². The predicted octanol–water partition coefficient (Wildman–Crippen LogP) is 3.48. The average Bonchev–Trinajstić information content (AvgIpc) is 2.66. The molecule has 2 aromatic rings. The second kappa shape index (κ2) is 9.87. The third-order valence-electron chi connectivity index (χ3n) is 3.53. The number of nitro benzene ring substituents is 1. The van der Waals surface area contributed by atoms with Gasteiger partial charge in [-0.05, 0) is 56.7 Å². The zero-order chi connectivity index (χ0) is 21.4. The molecule has 0 radical (unpaired) electrons. The number of hydrogen-bond donors (Lipinski definition) is 1. The minimum absolute atomic E-state index is 0.0139. The van der Waals surface area contributed by atoms with Crippen molar-refractivity contribution in [2.24, 2.45) is 5.10 Å². The Morgan fingerprint density at radius 2 is 1.90 bits per heavy atom. The van der Waals surface area contributed by atoms with E-state index in [9.17, 15) is 18.5 Å². The van der Waals surface area contributed by atoms with Crippen LogP contribution < -0.4 is 14.3 Å². The fraction of sp³-hybridized carbons (Fsp3) is 0.316. The highest BCUT2D eigenvalue weighted by Gasteiger charge is 2.16. The Balaban J connectivity index is 2.11. The van der Waals surface area contributed by atoms with E-state index in [-0.39, 0.29) is 22.4 Å². The number of ether oxygens (including phenoxy) is 2. The molecule has 0 aliphatic rings. The quantitative estimate of drug-likeness (QED) is 0.356. The number of hydrogen-bond acceptors (Lipinski definition) is 7. The van der Waals surface area contributed by atoms with Crippen molar-refractivity contribution >= 4 is 21.9 Å². The summed E-state index contributed by atoms with van der Waals surface area (Å²) in [6.07, 6.45) is 1.87. The average molecular weight is 421 g/mol. The molecule has 0 aliphatic heterocycles. The maximum atomic E-state index is 12.3. The minimum atomic E-state index is -3.88. The summed E-state index contributed by atoms with van der Waals surface area (Å²) in [5.41, 5.74) is 0.134. The first-order valence-corrected chi connectivity index (χ1v) is 10.4. The van der Waals surface area contributed by atoms with Crippen LogP contribution in [-0.4, -0.2) is 32.3 Å². The molecule has 0 spiro atoms. The molecule has 1 N–H and O–H groups in total. The van der Waals surface area contributed by atoms with Crippen LogP contribution in [0.3, 0.4) is 0 Å². The smallest absolute Gasteiger partial charge is 0.311 e. The molecule has 0 saturated heterocycles. The van der Waals surface area contributed by atoms with Gasteiger partial charge in [0.05, 0.1) is 28.7 Å². The Hall–Kier alpha value is -3.14. The Morgan fingerprint density at radius 3 is 2.48 bits per heavy atom. The van der Waals surface area contributed by atoms with Crippen molar-refractivity contribution in [1.29, 1.82) is 0 Å². The van der Waals surface area contributed by atoms with Crippen LogP contribution in [0.15, 0.2) is 52.5 Å². The molecular formula is C19H23N3O6S. The standard InChI is InChI=1S/C19H23N3O6S/c1-4-11-27-19-10-5-15(12-18(19)22(23)24)13-20-21-29(25,26)17-8-6-16(7-9-17)28-14(2)3/h5-10,12-14,21H,4,11H2,1-3H3/b20-13+. The third-order valence-corrected chi connectivity index (χ3v) is 4.77. The van der Waals surface area contributed by atoms with Crippen LogP contribution >= 0.6 is 0 Å². The summed E-state index contributed by atoms with van der Waals surface area (Å²) in [4.78, 5) is 12.7. The van der Waals surface area contributed by atoms with Gasteiger partial charge in [0.25, 0.3) is 10.0 Å². The molecule has 0 aliphatic carbocycles. The van der Waals surface area contributed by atoms with Crippen molar-refractivity contribution in [2.75, 3.05) is 6.61 Å². The molecule has 10 heteroatoms. The summed E-state index contributed by atoms with van der Waals surface area (Å²) in [5.74, 6) is 0.707. The number of nitrogens with zero attached hydrogens (tertiary/aromatic N) is 2. The van der Waals surface area contributed by atoms with Crippen LogP contribution in [0.25, 0.3) is 0 Å². The van der Waals surface area contributed by atoms with E-state index in [0.29, 0.717) is 24.3 Å². The zero-order valence-corrected chi connectivity index (χ0v) is 17.2. The van der Waals surface area contributed by atoms with Crippen molar-refractivity contribution in [3.63, 3.8) is 0 Å². The van der Waals surface area contributed by atoms with Gasteiger partial charge in [-0.15, -0.1) is 0 Å². The van der Waals surface area contributed by atoms with E-state index in [1.807, 2.05) is 20.8 Å². The molecule has 29 heavy (non-hydrogen) atoms. The van der Waals surface area contributed by atoms with Crippen LogP contribution in [0.4, 0.5) is 5.69 Å². The SMILES string of the molecule is CCCOc1ccc(/C=N/NS(=O)(=O)c2ccc(OC(C)C)cc2)cc1[N+](=O)[O-]. The van der Waals surface area contributed by atoms with Gasteiger partial charge in [-0.1, -0.05) is 6.92 Å². The van der Waals surface area contributed by atoms with Gasteiger partial charge in [0.2, 0.25) is 0 Å². The van der Waals surface area contributed by atoms with E-state index in [0.717, 1.165) is 0 Å². The number of nitrogens with one attached hydrogen (secondary N) is 1. The first-order chi connectivity index (χ1) is 13.7. The summed E-state index contributed by atoms with van der Waals surface area (Å²) in [7, 11) is -3.88. The molecule has 0 unspecified atom stereocenters. The molecule has 0 amide bonds. The van der Waals surface area contributed by atoms with Gasteiger partial charge in [-0.2, -0.15) is 13.5 Å². The van der Waals surface area contributed by atoms with Gasteiger partial charge in [-0.25, -0.2) is 4.83 Å². The fourth-order valence-corrected chi connectivity index (χ4v) is 3.08. The number of nitro groups is 1. The van der Waals surface area contributed by atoms with Crippen LogP contribution in [-0.2, 0) is 10.0 Å². The van der Waals surface area contributed by atoms with Crippen molar-refractivity contribution < 1.29 is 22.8 Å². The molecular weight excluding hydrogens is 398 g/mol. The lowest BCUT2D eigenvalue weighted by Crippen LogP contribution is -2.18. The van der Waals surface area contributed by atoms with E-state index in [1.54, 1.807) is 18.2 Å². The molecule has 0 bridgehead atoms. The summed E-state index contributed by atoms with van der Waals surface area (Å²) in [5, 5.41) is 14.9. The van der Waals surface area contributed by atoms with Gasteiger partial charge in [0.1, 0.15) is 5.75 Å². The predicted molar refractivity (Wildman–Crippen MR) is 109 cm³/mol. The number of rotatable bonds is 10. The van der Waals surface area contributed by atoms with Gasteiger partial charge in [0, 0.05) is 11.6 Å². The molecule has 2 aromatic carbocycles. The number of sulfonamides is 1. The molecule has 2 rings (SSSR count). The molecule has 0 aromatic heterocycles. The second-order valence-electron chi connectivity index (χ2n) is 6.32. The number of hydrazone groups is 1. The van der Waals surface area contributed by atoms with Crippen molar-refractivity contribution in [3.05, 3.63) is 58.1 Å². The monoisotopic (exact) mass is 421 g/mol. The van der Waals surface area contributed by atoms with Crippen LogP contribution in [0.1, 0.15) is 32.8 Å². The first kappa shape index (κ1) is 22.2. The minimum Gasteiger partial charge on any atom is -0.491 e. The van der Waals surface area contributed by atoms with Crippen LogP contribution in [0.5, 0.6) is 11.5 Å². The summed E-state index contributed by atoms with van der Waals surface area (Å²) >= 11 is 0. The molecule has 0 fully saturated rings. The molecule has 0 heterocycles. The van der Waals surface area contributed by atoms with E-state index in [4.69, 9.17) is 9.47 Å². The van der Waals surface area contributed by atoms with Crippen molar-refractivity contribution in [2.45, 2.75) is 38.2 Å². The van der Waals surface area contributed by atoms with Gasteiger partial charge >= 0.3 is 5.69 Å². The van der Waals surface area contributed by atoms with E-state index in [2.05, 4.69) is 9.93 Å². The Morgan fingerprint density at radius 1 is 1.21 bits per heavy atom. The first-order valence-electron chi connectivity index (χ1n) is 8.95. The maximum absolute atomic E-state index is 12.3. The van der Waals surface area contributed by atoms with Crippen LogP contribution in [0.2, 0.25) is 0 Å². The second-order valence-corrected chi connectivity index (χ2v) is 7.98. The molecule has 9 nitrogen and oxygen atoms in total. The number of benzene rings is 2. The summed E-state index contributed by atoms with van der Waals surface area (Å²) in [6, 6.07) is 10.2. The summed E-state index contributed by atoms with van der Waals surface area (Å²) < 4.78 is 35.4. The lowest BCUT2D eigenvalue weighted by atomic mass is 10.2.